The maximum absolute atomic E-state index is 6.29. The molecule has 0 radical (unpaired) electrons. The first kappa shape index (κ1) is 12.3. The van der Waals surface area contributed by atoms with Gasteiger partial charge in [0.05, 0.1) is 11.4 Å². The highest BCUT2D eigenvalue weighted by atomic mass is 16.5. The molecular weight excluding hydrogens is 236 g/mol. The van der Waals surface area contributed by atoms with Crippen molar-refractivity contribution in [3.8, 4) is 11.4 Å². The summed E-state index contributed by atoms with van der Waals surface area (Å²) in [6.45, 7) is 6.25. The molecule has 1 N–H and O–H groups in total. The van der Waals surface area contributed by atoms with Gasteiger partial charge >= 0.3 is 0 Å². The fourth-order valence-corrected chi connectivity index (χ4v) is 2.74. The molecule has 0 saturated heterocycles. The monoisotopic (exact) mass is 256 g/mol. The van der Waals surface area contributed by atoms with Gasteiger partial charge in [0.25, 0.3) is 0 Å². The van der Waals surface area contributed by atoms with Crippen LogP contribution in [-0.4, -0.2) is 17.7 Å². The van der Waals surface area contributed by atoms with Crippen molar-refractivity contribution in [2.75, 3.05) is 13.1 Å². The average molecular weight is 256 g/mol. The van der Waals surface area contributed by atoms with Gasteiger partial charge in [-0.15, -0.1) is 0 Å². The van der Waals surface area contributed by atoms with E-state index in [4.69, 9.17) is 4.74 Å². The van der Waals surface area contributed by atoms with Gasteiger partial charge in [0.15, 0.2) is 0 Å². The third-order valence-electron chi connectivity index (χ3n) is 3.78. The van der Waals surface area contributed by atoms with Crippen LogP contribution in [0.4, 0.5) is 0 Å². The Morgan fingerprint density at radius 2 is 2.05 bits per heavy atom. The standard InChI is InChI=1S/C16H20N2O/c1-3-17-11-10-16(2)15-9-6-12-18(15)13-7-4-5-8-14(13)19-16/h4-9,12,17H,3,10-11H2,1-2H3. The minimum Gasteiger partial charge on any atom is -0.479 e. The van der Waals surface area contributed by atoms with E-state index >= 15 is 0 Å². The van der Waals surface area contributed by atoms with Gasteiger partial charge in [-0.25, -0.2) is 0 Å². The molecule has 0 bridgehead atoms. The van der Waals surface area contributed by atoms with Crippen LogP contribution in [0.1, 0.15) is 26.0 Å². The Hall–Kier alpha value is -1.74. The molecule has 1 aromatic heterocycles. The van der Waals surface area contributed by atoms with Gasteiger partial charge < -0.3 is 14.6 Å². The number of nitrogens with one attached hydrogen (secondary N) is 1. The first-order valence-electron chi connectivity index (χ1n) is 6.91. The van der Waals surface area contributed by atoms with E-state index in [1.807, 2.05) is 18.2 Å². The quantitative estimate of drug-likeness (QED) is 0.851. The second-order valence-electron chi connectivity index (χ2n) is 5.17. The first-order valence-corrected chi connectivity index (χ1v) is 6.91. The van der Waals surface area contributed by atoms with E-state index in [9.17, 15) is 0 Å². The summed E-state index contributed by atoms with van der Waals surface area (Å²) in [4.78, 5) is 0. The Bertz CT molecular complexity index is 576. The average Bonchev–Trinajstić information content (AvgIpc) is 2.90. The number of ether oxygens (including phenoxy) is 1. The van der Waals surface area contributed by atoms with Gasteiger partial charge in [-0.1, -0.05) is 19.1 Å². The summed E-state index contributed by atoms with van der Waals surface area (Å²) >= 11 is 0. The first-order chi connectivity index (χ1) is 9.24. The number of benzene rings is 1. The summed E-state index contributed by atoms with van der Waals surface area (Å²) in [5.41, 5.74) is 2.09. The summed E-state index contributed by atoms with van der Waals surface area (Å²) in [5, 5.41) is 3.38. The highest BCUT2D eigenvalue weighted by Gasteiger charge is 2.36. The zero-order valence-corrected chi connectivity index (χ0v) is 11.5. The Morgan fingerprint density at radius 3 is 2.89 bits per heavy atom. The molecule has 0 saturated carbocycles. The van der Waals surface area contributed by atoms with Crippen molar-refractivity contribution in [1.82, 2.24) is 9.88 Å². The third-order valence-corrected chi connectivity index (χ3v) is 3.78. The van der Waals surface area contributed by atoms with Crippen molar-refractivity contribution < 1.29 is 4.74 Å². The highest BCUT2D eigenvalue weighted by Crippen LogP contribution is 2.40. The lowest BCUT2D eigenvalue weighted by Crippen LogP contribution is -2.38. The van der Waals surface area contributed by atoms with Crippen LogP contribution in [0.25, 0.3) is 5.69 Å². The summed E-state index contributed by atoms with van der Waals surface area (Å²) in [7, 11) is 0. The van der Waals surface area contributed by atoms with Crippen molar-refractivity contribution in [3.63, 3.8) is 0 Å². The predicted molar refractivity (Wildman–Crippen MR) is 76.9 cm³/mol. The number of rotatable bonds is 4. The SMILES string of the molecule is CCNCCC1(C)Oc2ccccc2-n2cccc21. The van der Waals surface area contributed by atoms with E-state index in [2.05, 4.69) is 48.1 Å². The molecule has 100 valence electrons. The van der Waals surface area contributed by atoms with Crippen molar-refractivity contribution >= 4 is 0 Å². The van der Waals surface area contributed by atoms with Crippen molar-refractivity contribution in [2.24, 2.45) is 0 Å². The smallest absolute Gasteiger partial charge is 0.148 e. The van der Waals surface area contributed by atoms with Crippen molar-refractivity contribution in [3.05, 3.63) is 48.3 Å². The Balaban J connectivity index is 1.98. The summed E-state index contributed by atoms with van der Waals surface area (Å²) in [6, 6.07) is 12.5. The van der Waals surface area contributed by atoms with Gasteiger partial charge in [0, 0.05) is 12.6 Å². The molecule has 3 nitrogen and oxygen atoms in total. The fourth-order valence-electron chi connectivity index (χ4n) is 2.74. The van der Waals surface area contributed by atoms with Gasteiger partial charge in [-0.3, -0.25) is 0 Å². The molecule has 1 aliphatic heterocycles. The van der Waals surface area contributed by atoms with E-state index in [0.717, 1.165) is 30.9 Å². The largest absolute Gasteiger partial charge is 0.479 e. The van der Waals surface area contributed by atoms with Crippen molar-refractivity contribution in [1.29, 1.82) is 0 Å². The number of para-hydroxylation sites is 2. The minimum atomic E-state index is -0.264. The summed E-state index contributed by atoms with van der Waals surface area (Å²) in [6.07, 6.45) is 3.07. The molecular formula is C16H20N2O. The maximum Gasteiger partial charge on any atom is 0.148 e. The van der Waals surface area contributed by atoms with Gasteiger partial charge in [0.1, 0.15) is 11.4 Å². The Kier molecular flexibility index (Phi) is 3.07. The van der Waals surface area contributed by atoms with Gasteiger partial charge in [-0.05, 0) is 44.3 Å². The van der Waals surface area contributed by atoms with Crippen LogP contribution in [-0.2, 0) is 5.60 Å². The molecule has 19 heavy (non-hydrogen) atoms. The van der Waals surface area contributed by atoms with Crippen LogP contribution in [0.5, 0.6) is 5.75 Å². The lowest BCUT2D eigenvalue weighted by atomic mass is 9.95. The molecule has 3 heteroatoms. The van der Waals surface area contributed by atoms with Crippen molar-refractivity contribution in [2.45, 2.75) is 25.9 Å². The van der Waals surface area contributed by atoms with Crippen LogP contribution in [0, 0.1) is 0 Å². The molecule has 2 heterocycles. The zero-order chi connectivity index (χ0) is 13.3. The topological polar surface area (TPSA) is 26.2 Å². The lowest BCUT2D eigenvalue weighted by molar-refractivity contribution is 0.0624. The predicted octanol–water partition coefficient (Wildman–Crippen LogP) is 3.08. The number of fused-ring (bicyclic) bond motifs is 3. The molecule has 0 aliphatic carbocycles. The third kappa shape index (κ3) is 2.04. The van der Waals surface area contributed by atoms with Crippen LogP contribution in [0.15, 0.2) is 42.6 Å². The lowest BCUT2D eigenvalue weighted by Gasteiger charge is -2.37. The van der Waals surface area contributed by atoms with Crippen LogP contribution in [0.2, 0.25) is 0 Å². The molecule has 2 aromatic rings. The number of aromatic nitrogens is 1. The zero-order valence-electron chi connectivity index (χ0n) is 11.5. The van der Waals surface area contributed by atoms with E-state index in [0.29, 0.717) is 0 Å². The molecule has 1 aromatic carbocycles. The summed E-state index contributed by atoms with van der Waals surface area (Å²) < 4.78 is 8.53. The Morgan fingerprint density at radius 1 is 1.21 bits per heavy atom. The van der Waals surface area contributed by atoms with Crippen LogP contribution < -0.4 is 10.1 Å². The second kappa shape index (κ2) is 4.74. The van der Waals surface area contributed by atoms with Crippen LogP contribution in [0.3, 0.4) is 0 Å². The molecule has 0 amide bonds. The number of nitrogens with zero attached hydrogens (tertiary/aromatic N) is 1. The van der Waals surface area contributed by atoms with Crippen LogP contribution >= 0.6 is 0 Å². The summed E-state index contributed by atoms with van der Waals surface area (Å²) in [5.74, 6) is 0.963. The minimum absolute atomic E-state index is 0.264. The van der Waals surface area contributed by atoms with Gasteiger partial charge in [0.2, 0.25) is 0 Å². The van der Waals surface area contributed by atoms with E-state index < -0.39 is 0 Å². The van der Waals surface area contributed by atoms with E-state index in [-0.39, 0.29) is 5.60 Å². The normalized spacial score (nSPS) is 20.5. The maximum atomic E-state index is 6.29. The molecule has 1 atom stereocenters. The molecule has 1 aliphatic rings. The number of hydrogen-bond acceptors (Lipinski definition) is 2. The van der Waals surface area contributed by atoms with E-state index in [1.54, 1.807) is 0 Å². The molecule has 0 spiro atoms. The molecule has 3 rings (SSSR count). The fraction of sp³-hybridized carbons (Fsp3) is 0.375. The second-order valence-corrected chi connectivity index (χ2v) is 5.17. The molecule has 0 fully saturated rings. The van der Waals surface area contributed by atoms with Gasteiger partial charge in [-0.2, -0.15) is 0 Å². The number of hydrogen-bond donors (Lipinski definition) is 1. The highest BCUT2D eigenvalue weighted by molar-refractivity contribution is 5.51. The van der Waals surface area contributed by atoms with E-state index in [1.165, 1.54) is 5.69 Å². The molecule has 1 unspecified atom stereocenters. The Labute approximate surface area is 114 Å².